The van der Waals surface area contributed by atoms with Crippen LogP contribution in [0.5, 0.6) is 5.75 Å². The summed E-state index contributed by atoms with van der Waals surface area (Å²) in [6.45, 7) is 0. The van der Waals surface area contributed by atoms with Gasteiger partial charge in [0.05, 0.1) is 18.8 Å². The van der Waals surface area contributed by atoms with Crippen molar-refractivity contribution in [2.45, 2.75) is 0 Å². The Bertz CT molecular complexity index is 765. The van der Waals surface area contributed by atoms with Gasteiger partial charge >= 0.3 is 0 Å². The fraction of sp³-hybridized carbons (Fsp3) is 0.0909. The van der Waals surface area contributed by atoms with Crippen LogP contribution in [0.15, 0.2) is 29.3 Å². The zero-order chi connectivity index (χ0) is 12.5. The molecule has 0 radical (unpaired) electrons. The van der Waals surface area contributed by atoms with E-state index in [1.165, 1.54) is 7.11 Å². The molecule has 0 bridgehead atoms. The monoisotopic (exact) mass is 260 g/mol. The molecule has 0 spiro atoms. The molecule has 0 unspecified atom stereocenters. The highest BCUT2D eigenvalue weighted by Gasteiger charge is 2.06. The number of fused-ring (bicyclic) bond motifs is 1. The highest BCUT2D eigenvalue weighted by Crippen LogP contribution is 2.22. The Balaban J connectivity index is 2.15. The largest absolute Gasteiger partial charge is 0.491 e. The minimum absolute atomic E-state index is 0.259. The summed E-state index contributed by atoms with van der Waals surface area (Å²) in [6, 6.07) is 3.54. The van der Waals surface area contributed by atoms with Crippen LogP contribution in [0.25, 0.3) is 22.3 Å². The maximum Gasteiger partial charge on any atom is 0.290 e. The molecule has 0 aliphatic rings. The Hall–Kier alpha value is -2.28. The smallest absolute Gasteiger partial charge is 0.290 e. The lowest BCUT2D eigenvalue weighted by Crippen LogP contribution is -2.08. The molecule has 0 amide bonds. The number of rotatable bonds is 2. The third-order valence-corrected chi connectivity index (χ3v) is 3.07. The van der Waals surface area contributed by atoms with Crippen molar-refractivity contribution >= 4 is 22.9 Å². The van der Waals surface area contributed by atoms with Crippen LogP contribution in [-0.4, -0.2) is 25.8 Å². The zero-order valence-corrected chi connectivity index (χ0v) is 10.2. The van der Waals surface area contributed by atoms with Crippen LogP contribution in [0.2, 0.25) is 0 Å². The van der Waals surface area contributed by atoms with Crippen LogP contribution >= 0.6 is 11.7 Å². The van der Waals surface area contributed by atoms with Gasteiger partial charge in [0.15, 0.2) is 11.4 Å². The number of ether oxygens (including phenoxy) is 1. The summed E-state index contributed by atoms with van der Waals surface area (Å²) in [6.07, 6.45) is 3.31. The van der Waals surface area contributed by atoms with Gasteiger partial charge in [-0.05, 0) is 12.1 Å². The van der Waals surface area contributed by atoms with Gasteiger partial charge in [-0.2, -0.15) is 8.75 Å². The molecule has 7 heteroatoms. The Labute approximate surface area is 106 Å². The Morgan fingerprint density at radius 1 is 1.28 bits per heavy atom. The van der Waals surface area contributed by atoms with E-state index in [9.17, 15) is 4.79 Å². The van der Waals surface area contributed by atoms with Gasteiger partial charge in [0.25, 0.3) is 5.56 Å². The van der Waals surface area contributed by atoms with E-state index in [-0.39, 0.29) is 11.3 Å². The lowest BCUT2D eigenvalue weighted by atomic mass is 10.1. The minimum atomic E-state index is -0.259. The Morgan fingerprint density at radius 2 is 2.17 bits per heavy atom. The van der Waals surface area contributed by atoms with E-state index in [1.807, 2.05) is 6.07 Å². The van der Waals surface area contributed by atoms with Crippen LogP contribution in [0, 0.1) is 0 Å². The molecule has 18 heavy (non-hydrogen) atoms. The molecule has 3 aromatic rings. The van der Waals surface area contributed by atoms with E-state index in [4.69, 9.17) is 4.74 Å². The number of aromatic amines is 1. The minimum Gasteiger partial charge on any atom is -0.491 e. The molecule has 0 saturated carbocycles. The summed E-state index contributed by atoms with van der Waals surface area (Å²) in [7, 11) is 1.46. The third kappa shape index (κ3) is 1.74. The van der Waals surface area contributed by atoms with Crippen molar-refractivity contribution < 1.29 is 4.74 Å². The first-order valence-electron chi connectivity index (χ1n) is 5.13. The first kappa shape index (κ1) is 10.8. The van der Waals surface area contributed by atoms with Gasteiger partial charge in [-0.1, -0.05) is 0 Å². The molecule has 0 aliphatic carbocycles. The second kappa shape index (κ2) is 4.19. The van der Waals surface area contributed by atoms with Crippen molar-refractivity contribution in [2.75, 3.05) is 7.11 Å². The Morgan fingerprint density at radius 3 is 3.00 bits per heavy atom. The summed E-state index contributed by atoms with van der Waals surface area (Å²) in [5.41, 5.74) is 2.77. The van der Waals surface area contributed by atoms with Crippen LogP contribution in [-0.2, 0) is 0 Å². The number of methoxy groups -OCH3 is 1. The van der Waals surface area contributed by atoms with Gasteiger partial charge in [-0.15, -0.1) is 0 Å². The number of hydrogen-bond donors (Lipinski definition) is 1. The summed E-state index contributed by atoms with van der Waals surface area (Å²) < 4.78 is 13.2. The number of nitrogens with zero attached hydrogens (tertiary/aromatic N) is 3. The van der Waals surface area contributed by atoms with Gasteiger partial charge in [-0.3, -0.25) is 4.79 Å². The molecule has 0 aromatic carbocycles. The number of H-pyrrole nitrogens is 1. The summed E-state index contributed by atoms with van der Waals surface area (Å²) in [4.78, 5) is 18.2. The first-order chi connectivity index (χ1) is 8.78. The fourth-order valence-electron chi connectivity index (χ4n) is 1.63. The SMILES string of the molecule is COc1cc(-c2cnc3nsnc3c2)c[nH]c1=O. The van der Waals surface area contributed by atoms with E-state index in [0.29, 0.717) is 5.65 Å². The summed E-state index contributed by atoms with van der Waals surface area (Å²) in [5.74, 6) is 0.268. The Kier molecular flexibility index (Phi) is 2.52. The number of pyridine rings is 2. The van der Waals surface area contributed by atoms with Crippen molar-refractivity contribution in [1.29, 1.82) is 0 Å². The van der Waals surface area contributed by atoms with Crippen LogP contribution < -0.4 is 10.3 Å². The normalized spacial score (nSPS) is 10.7. The van der Waals surface area contributed by atoms with Crippen molar-refractivity contribution in [3.63, 3.8) is 0 Å². The highest BCUT2D eigenvalue weighted by atomic mass is 32.1. The van der Waals surface area contributed by atoms with E-state index < -0.39 is 0 Å². The molecule has 0 aliphatic heterocycles. The molecule has 6 nitrogen and oxygen atoms in total. The van der Waals surface area contributed by atoms with Crippen LogP contribution in [0.3, 0.4) is 0 Å². The van der Waals surface area contributed by atoms with Crippen molar-refractivity contribution in [1.82, 2.24) is 18.7 Å². The second-order valence-electron chi connectivity index (χ2n) is 3.62. The van der Waals surface area contributed by atoms with Gasteiger partial charge in [0.2, 0.25) is 0 Å². The highest BCUT2D eigenvalue weighted by molar-refractivity contribution is 7.00. The molecule has 1 N–H and O–H groups in total. The predicted molar refractivity (Wildman–Crippen MR) is 67.8 cm³/mol. The summed E-state index contributed by atoms with van der Waals surface area (Å²) >= 11 is 1.12. The molecule has 0 atom stereocenters. The second-order valence-corrected chi connectivity index (χ2v) is 4.15. The number of hydrogen-bond acceptors (Lipinski definition) is 6. The lowest BCUT2D eigenvalue weighted by Gasteiger charge is -2.03. The van der Waals surface area contributed by atoms with Crippen molar-refractivity contribution in [2.24, 2.45) is 0 Å². The van der Waals surface area contributed by atoms with E-state index in [2.05, 4.69) is 18.7 Å². The van der Waals surface area contributed by atoms with Gasteiger partial charge in [0.1, 0.15) is 5.52 Å². The van der Waals surface area contributed by atoms with E-state index in [0.717, 1.165) is 28.4 Å². The van der Waals surface area contributed by atoms with Crippen LogP contribution in [0.1, 0.15) is 0 Å². The number of nitrogens with one attached hydrogen (secondary N) is 1. The standard InChI is InChI=1S/C11H8N4O2S/c1-17-9-3-7(5-13-11(9)16)6-2-8-10(12-4-6)15-18-14-8/h2-5H,1H3,(H,13,16). The van der Waals surface area contributed by atoms with Crippen LogP contribution in [0.4, 0.5) is 0 Å². The van der Waals surface area contributed by atoms with Gasteiger partial charge in [0, 0.05) is 23.5 Å². The topological polar surface area (TPSA) is 80.8 Å². The summed E-state index contributed by atoms with van der Waals surface area (Å²) in [5, 5.41) is 0. The maximum absolute atomic E-state index is 11.4. The average molecular weight is 260 g/mol. The van der Waals surface area contributed by atoms with Crippen molar-refractivity contribution in [3.8, 4) is 16.9 Å². The molecule has 3 heterocycles. The third-order valence-electron chi connectivity index (χ3n) is 2.54. The molecular weight excluding hydrogens is 252 g/mol. The predicted octanol–water partition coefficient (Wildman–Crippen LogP) is 1.45. The van der Waals surface area contributed by atoms with Gasteiger partial charge < -0.3 is 9.72 Å². The molecule has 90 valence electrons. The average Bonchev–Trinajstić information content (AvgIpc) is 2.86. The lowest BCUT2D eigenvalue weighted by molar-refractivity contribution is 0.408. The molecule has 0 saturated heterocycles. The molecular formula is C11H8N4O2S. The zero-order valence-electron chi connectivity index (χ0n) is 9.38. The van der Waals surface area contributed by atoms with E-state index >= 15 is 0 Å². The maximum atomic E-state index is 11.4. The quantitative estimate of drug-likeness (QED) is 0.754. The number of aromatic nitrogens is 4. The van der Waals surface area contributed by atoms with Crippen molar-refractivity contribution in [3.05, 3.63) is 34.9 Å². The molecule has 3 aromatic heterocycles. The molecule has 3 rings (SSSR count). The van der Waals surface area contributed by atoms with E-state index in [1.54, 1.807) is 18.5 Å². The first-order valence-corrected chi connectivity index (χ1v) is 5.86. The fourth-order valence-corrected chi connectivity index (χ4v) is 2.11. The molecule has 0 fully saturated rings. The van der Waals surface area contributed by atoms with Gasteiger partial charge in [-0.25, -0.2) is 4.98 Å².